The molecule has 0 saturated carbocycles. The van der Waals surface area contributed by atoms with E-state index in [0.717, 1.165) is 37.7 Å². The Kier molecular flexibility index (Phi) is 10.5. The molecule has 1 heteroatoms. The van der Waals surface area contributed by atoms with E-state index in [4.69, 9.17) is 0 Å². The Bertz CT molecular complexity index is 754. The van der Waals surface area contributed by atoms with Crippen molar-refractivity contribution in [3.05, 3.63) is 84.0 Å². The van der Waals surface area contributed by atoms with E-state index in [0.29, 0.717) is 0 Å². The van der Waals surface area contributed by atoms with Gasteiger partial charge in [0.15, 0.2) is 0 Å². The standard InChI is InChI=1S/C28H38O/c1-4-6-8-9-10-12-27-21-28(20-19-25(27)16-13-23(3)22-29)26-17-14-24(15-18-26)11-7-5-2/h5,14-15,17-21,29H,2-4,6-13,16,22H2,1H3. The van der Waals surface area contributed by atoms with Gasteiger partial charge in [0.1, 0.15) is 0 Å². The lowest BCUT2D eigenvalue weighted by Gasteiger charge is -2.13. The average molecular weight is 391 g/mol. The van der Waals surface area contributed by atoms with Crippen LogP contribution < -0.4 is 0 Å². The third-order valence-corrected chi connectivity index (χ3v) is 5.65. The summed E-state index contributed by atoms with van der Waals surface area (Å²) in [4.78, 5) is 0. The topological polar surface area (TPSA) is 20.2 Å². The number of rotatable bonds is 14. The fourth-order valence-corrected chi connectivity index (χ4v) is 3.72. The van der Waals surface area contributed by atoms with E-state index >= 15 is 0 Å². The summed E-state index contributed by atoms with van der Waals surface area (Å²) in [5.74, 6) is 0. The van der Waals surface area contributed by atoms with Crippen LogP contribution in [0.3, 0.4) is 0 Å². The predicted molar refractivity (Wildman–Crippen MR) is 127 cm³/mol. The molecule has 1 N–H and O–H groups in total. The lowest BCUT2D eigenvalue weighted by Crippen LogP contribution is -1.99. The number of aliphatic hydroxyl groups is 1. The first-order chi connectivity index (χ1) is 14.2. The van der Waals surface area contributed by atoms with Gasteiger partial charge in [-0.3, -0.25) is 0 Å². The minimum absolute atomic E-state index is 0.0859. The van der Waals surface area contributed by atoms with Crippen molar-refractivity contribution in [2.75, 3.05) is 6.61 Å². The van der Waals surface area contributed by atoms with Crippen LogP contribution in [0, 0.1) is 0 Å². The van der Waals surface area contributed by atoms with E-state index in [2.05, 4.69) is 62.5 Å². The zero-order chi connectivity index (χ0) is 20.9. The summed E-state index contributed by atoms with van der Waals surface area (Å²) in [6, 6.07) is 15.9. The van der Waals surface area contributed by atoms with Crippen LogP contribution in [-0.2, 0) is 19.3 Å². The number of aliphatic hydroxyl groups excluding tert-OH is 1. The van der Waals surface area contributed by atoms with Crippen LogP contribution in [0.4, 0.5) is 0 Å². The summed E-state index contributed by atoms with van der Waals surface area (Å²) < 4.78 is 0. The molecule has 156 valence electrons. The molecule has 0 aliphatic heterocycles. The van der Waals surface area contributed by atoms with Gasteiger partial charge in [-0.2, -0.15) is 0 Å². The summed E-state index contributed by atoms with van der Waals surface area (Å²) in [6.45, 7) is 10.1. The molecule has 0 amide bonds. The highest BCUT2D eigenvalue weighted by Crippen LogP contribution is 2.26. The smallest absolute Gasteiger partial charge is 0.0639 e. The molecular formula is C28H38O. The Morgan fingerprint density at radius 2 is 1.59 bits per heavy atom. The molecule has 0 heterocycles. The van der Waals surface area contributed by atoms with E-state index in [1.165, 1.54) is 59.9 Å². The second kappa shape index (κ2) is 13.2. The van der Waals surface area contributed by atoms with Gasteiger partial charge in [0.05, 0.1) is 6.61 Å². The number of benzene rings is 2. The van der Waals surface area contributed by atoms with E-state index in [-0.39, 0.29) is 6.61 Å². The molecule has 0 fully saturated rings. The molecule has 0 atom stereocenters. The molecule has 0 saturated heterocycles. The summed E-state index contributed by atoms with van der Waals surface area (Å²) in [5.41, 5.74) is 7.73. The van der Waals surface area contributed by atoms with Gasteiger partial charge in [-0.15, -0.1) is 6.58 Å². The van der Waals surface area contributed by atoms with Gasteiger partial charge in [0.2, 0.25) is 0 Å². The fourth-order valence-electron chi connectivity index (χ4n) is 3.72. The van der Waals surface area contributed by atoms with E-state index in [1.807, 2.05) is 6.08 Å². The van der Waals surface area contributed by atoms with Crippen molar-refractivity contribution in [1.29, 1.82) is 0 Å². The first kappa shape index (κ1) is 23.2. The van der Waals surface area contributed by atoms with Gasteiger partial charge in [-0.25, -0.2) is 0 Å². The zero-order valence-electron chi connectivity index (χ0n) is 18.3. The minimum Gasteiger partial charge on any atom is -0.392 e. The van der Waals surface area contributed by atoms with Crippen LogP contribution >= 0.6 is 0 Å². The van der Waals surface area contributed by atoms with Crippen molar-refractivity contribution in [2.45, 2.75) is 71.1 Å². The highest BCUT2D eigenvalue weighted by molar-refractivity contribution is 5.65. The molecule has 0 aliphatic rings. The zero-order valence-corrected chi connectivity index (χ0v) is 18.3. The summed E-state index contributed by atoms with van der Waals surface area (Å²) in [6.07, 6.45) is 13.5. The van der Waals surface area contributed by atoms with Crippen LogP contribution in [0.25, 0.3) is 11.1 Å². The van der Waals surface area contributed by atoms with Crippen molar-refractivity contribution >= 4 is 0 Å². The minimum atomic E-state index is 0.0859. The van der Waals surface area contributed by atoms with Gasteiger partial charge in [-0.05, 0) is 66.3 Å². The molecular weight excluding hydrogens is 352 g/mol. The van der Waals surface area contributed by atoms with Crippen LogP contribution in [0.5, 0.6) is 0 Å². The SMILES string of the molecule is C=CCCc1ccc(-c2ccc(CCC(=C)CO)c(CCCCCCC)c2)cc1. The normalized spacial score (nSPS) is 10.8. The van der Waals surface area contributed by atoms with Crippen LogP contribution in [0.15, 0.2) is 67.3 Å². The quantitative estimate of drug-likeness (QED) is 0.262. The van der Waals surface area contributed by atoms with Crippen LogP contribution in [-0.4, -0.2) is 11.7 Å². The van der Waals surface area contributed by atoms with Crippen molar-refractivity contribution < 1.29 is 5.11 Å². The summed E-state index contributed by atoms with van der Waals surface area (Å²) in [7, 11) is 0. The molecule has 0 spiro atoms. The highest BCUT2D eigenvalue weighted by Gasteiger charge is 2.07. The number of allylic oxidation sites excluding steroid dienone is 1. The first-order valence-corrected chi connectivity index (χ1v) is 11.3. The summed E-state index contributed by atoms with van der Waals surface area (Å²) >= 11 is 0. The van der Waals surface area contributed by atoms with Gasteiger partial charge >= 0.3 is 0 Å². The average Bonchev–Trinajstić information content (AvgIpc) is 2.76. The molecule has 2 rings (SSSR count). The monoisotopic (exact) mass is 390 g/mol. The Labute approximate surface area is 178 Å². The number of hydrogen-bond acceptors (Lipinski definition) is 1. The second-order valence-electron chi connectivity index (χ2n) is 8.08. The predicted octanol–water partition coefficient (Wildman–Crippen LogP) is 7.47. The number of unbranched alkanes of at least 4 members (excludes halogenated alkanes) is 4. The molecule has 0 unspecified atom stereocenters. The first-order valence-electron chi connectivity index (χ1n) is 11.3. The molecule has 0 radical (unpaired) electrons. The summed E-state index contributed by atoms with van der Waals surface area (Å²) in [5, 5.41) is 9.27. The third-order valence-electron chi connectivity index (χ3n) is 5.65. The van der Waals surface area contributed by atoms with Crippen molar-refractivity contribution in [2.24, 2.45) is 0 Å². The molecule has 29 heavy (non-hydrogen) atoms. The lowest BCUT2D eigenvalue weighted by molar-refractivity contribution is 0.327. The third kappa shape index (κ3) is 8.03. The Hall–Kier alpha value is -2.12. The maximum Gasteiger partial charge on any atom is 0.0639 e. The Morgan fingerprint density at radius 1 is 0.862 bits per heavy atom. The maximum atomic E-state index is 9.27. The van der Waals surface area contributed by atoms with E-state index < -0.39 is 0 Å². The fraction of sp³-hybridized carbons (Fsp3) is 0.429. The van der Waals surface area contributed by atoms with Crippen molar-refractivity contribution in [1.82, 2.24) is 0 Å². The Morgan fingerprint density at radius 3 is 2.28 bits per heavy atom. The van der Waals surface area contributed by atoms with Crippen molar-refractivity contribution in [3.8, 4) is 11.1 Å². The number of aryl methyl sites for hydroxylation is 3. The number of hydrogen-bond donors (Lipinski definition) is 1. The second-order valence-corrected chi connectivity index (χ2v) is 8.08. The highest BCUT2D eigenvalue weighted by atomic mass is 16.3. The van der Waals surface area contributed by atoms with Crippen LogP contribution in [0.1, 0.15) is 68.6 Å². The van der Waals surface area contributed by atoms with Gasteiger partial charge in [-0.1, -0.05) is 93.3 Å². The van der Waals surface area contributed by atoms with Gasteiger partial charge in [0, 0.05) is 0 Å². The van der Waals surface area contributed by atoms with E-state index in [9.17, 15) is 5.11 Å². The molecule has 2 aromatic rings. The van der Waals surface area contributed by atoms with Gasteiger partial charge in [0.25, 0.3) is 0 Å². The lowest BCUT2D eigenvalue weighted by atomic mass is 9.92. The maximum absolute atomic E-state index is 9.27. The molecule has 1 nitrogen and oxygen atoms in total. The van der Waals surface area contributed by atoms with E-state index in [1.54, 1.807) is 0 Å². The molecule has 2 aromatic carbocycles. The van der Waals surface area contributed by atoms with Crippen molar-refractivity contribution in [3.63, 3.8) is 0 Å². The Balaban J connectivity index is 2.14. The van der Waals surface area contributed by atoms with Crippen LogP contribution in [0.2, 0.25) is 0 Å². The van der Waals surface area contributed by atoms with Gasteiger partial charge < -0.3 is 5.11 Å². The molecule has 0 bridgehead atoms. The molecule has 0 aromatic heterocycles. The largest absolute Gasteiger partial charge is 0.392 e. The molecule has 0 aliphatic carbocycles.